The lowest BCUT2D eigenvalue weighted by Crippen LogP contribution is -2.43. The first-order chi connectivity index (χ1) is 9.85. The van der Waals surface area contributed by atoms with E-state index in [4.69, 9.17) is 6.42 Å². The van der Waals surface area contributed by atoms with Crippen molar-refractivity contribution in [1.82, 2.24) is 4.90 Å². The summed E-state index contributed by atoms with van der Waals surface area (Å²) in [6.45, 7) is 3.63. The van der Waals surface area contributed by atoms with E-state index in [2.05, 4.69) is 11.2 Å². The molecule has 0 unspecified atom stereocenters. The third-order valence-corrected chi connectivity index (χ3v) is 3.84. The molecule has 2 amide bonds. The van der Waals surface area contributed by atoms with Gasteiger partial charge in [-0.3, -0.25) is 9.59 Å². The minimum absolute atomic E-state index is 0.0552. The summed E-state index contributed by atoms with van der Waals surface area (Å²) in [7, 11) is 1.69. The van der Waals surface area contributed by atoms with E-state index in [1.807, 2.05) is 13.8 Å². The molecule has 0 heterocycles. The van der Waals surface area contributed by atoms with E-state index in [-0.39, 0.29) is 17.7 Å². The molecule has 1 aliphatic carbocycles. The van der Waals surface area contributed by atoms with Gasteiger partial charge in [0, 0.05) is 24.2 Å². The molecule has 1 N–H and O–H groups in total. The number of hydrogen-bond acceptors (Lipinski definition) is 2. The summed E-state index contributed by atoms with van der Waals surface area (Å²) in [4.78, 5) is 25.5. The molecule has 0 atom stereocenters. The first-order valence-corrected chi connectivity index (χ1v) is 7.02. The molecule has 1 aliphatic rings. The predicted molar refractivity (Wildman–Crippen MR) is 82.8 cm³/mol. The van der Waals surface area contributed by atoms with Crippen molar-refractivity contribution in [2.24, 2.45) is 5.92 Å². The summed E-state index contributed by atoms with van der Waals surface area (Å²) in [5.41, 5.74) is 0.614. The second-order valence-electron chi connectivity index (χ2n) is 5.91. The number of anilines is 1. The van der Waals surface area contributed by atoms with Crippen LogP contribution in [0.3, 0.4) is 0 Å². The van der Waals surface area contributed by atoms with E-state index in [1.165, 1.54) is 4.90 Å². The molecular formula is C17H20N2O2. The zero-order valence-electron chi connectivity index (χ0n) is 12.6. The maximum atomic E-state index is 12.3. The molecule has 21 heavy (non-hydrogen) atoms. The van der Waals surface area contributed by atoms with Gasteiger partial charge in [-0.25, -0.2) is 0 Å². The van der Waals surface area contributed by atoms with Gasteiger partial charge in [-0.1, -0.05) is 5.92 Å². The van der Waals surface area contributed by atoms with E-state index in [0.29, 0.717) is 11.3 Å². The number of terminal acetylenes is 1. The van der Waals surface area contributed by atoms with E-state index in [9.17, 15) is 9.59 Å². The lowest BCUT2D eigenvalue weighted by Gasteiger charge is -2.30. The quantitative estimate of drug-likeness (QED) is 0.864. The largest absolute Gasteiger partial charge is 0.326 e. The highest BCUT2D eigenvalue weighted by Crippen LogP contribution is 2.30. The summed E-state index contributed by atoms with van der Waals surface area (Å²) in [6, 6.07) is 6.89. The van der Waals surface area contributed by atoms with Crippen molar-refractivity contribution in [3.05, 3.63) is 29.8 Å². The van der Waals surface area contributed by atoms with Gasteiger partial charge in [0.15, 0.2) is 0 Å². The van der Waals surface area contributed by atoms with Crippen LogP contribution in [0, 0.1) is 18.3 Å². The molecule has 0 spiro atoms. The van der Waals surface area contributed by atoms with Gasteiger partial charge < -0.3 is 10.2 Å². The fraction of sp³-hybridized carbons (Fsp3) is 0.412. The summed E-state index contributed by atoms with van der Waals surface area (Å²) in [6.07, 6.45) is 7.38. The van der Waals surface area contributed by atoms with Crippen LogP contribution in [0.15, 0.2) is 24.3 Å². The molecule has 4 nitrogen and oxygen atoms in total. The molecule has 1 saturated carbocycles. The molecule has 1 aromatic carbocycles. The van der Waals surface area contributed by atoms with Crippen LogP contribution in [-0.2, 0) is 4.79 Å². The first kappa shape index (κ1) is 15.1. The Kier molecular flexibility index (Phi) is 4.04. The number of carbonyl (C=O) groups is 2. The Balaban J connectivity index is 2.06. The maximum absolute atomic E-state index is 12.3. The lowest BCUT2D eigenvalue weighted by atomic mass is 10.0. The van der Waals surface area contributed by atoms with Gasteiger partial charge in [-0.15, -0.1) is 6.42 Å². The number of carbonyl (C=O) groups excluding carboxylic acids is 2. The summed E-state index contributed by atoms with van der Waals surface area (Å²) < 4.78 is 0. The standard InChI is InChI=1S/C17H20N2O2/c1-5-17(2,3)19(4)16(21)13-8-10-14(11-9-13)18-15(20)12-6-7-12/h1,8-12H,6-7H2,2-4H3,(H,18,20). The number of nitrogens with one attached hydrogen (secondary N) is 1. The molecule has 2 rings (SSSR count). The molecule has 0 saturated heterocycles. The third kappa shape index (κ3) is 3.43. The minimum Gasteiger partial charge on any atom is -0.326 e. The molecular weight excluding hydrogens is 264 g/mol. The molecule has 0 radical (unpaired) electrons. The monoisotopic (exact) mass is 284 g/mol. The van der Waals surface area contributed by atoms with Crippen LogP contribution in [0.1, 0.15) is 37.0 Å². The first-order valence-electron chi connectivity index (χ1n) is 7.02. The highest BCUT2D eigenvalue weighted by Gasteiger charge is 2.29. The van der Waals surface area contributed by atoms with Crippen molar-refractivity contribution in [3.63, 3.8) is 0 Å². The van der Waals surface area contributed by atoms with Gasteiger partial charge in [0.1, 0.15) is 0 Å². The number of nitrogens with zero attached hydrogens (tertiary/aromatic N) is 1. The van der Waals surface area contributed by atoms with Gasteiger partial charge >= 0.3 is 0 Å². The summed E-state index contributed by atoms with van der Waals surface area (Å²) in [5.74, 6) is 2.67. The van der Waals surface area contributed by atoms with E-state index < -0.39 is 5.54 Å². The van der Waals surface area contributed by atoms with Crippen LogP contribution in [0.4, 0.5) is 5.69 Å². The zero-order valence-corrected chi connectivity index (χ0v) is 12.6. The summed E-state index contributed by atoms with van der Waals surface area (Å²) in [5, 5.41) is 2.84. The fourth-order valence-electron chi connectivity index (χ4n) is 1.83. The van der Waals surface area contributed by atoms with Crippen molar-refractivity contribution >= 4 is 17.5 Å². The van der Waals surface area contributed by atoms with Gasteiger partial charge in [0.05, 0.1) is 5.54 Å². The molecule has 110 valence electrons. The van der Waals surface area contributed by atoms with Gasteiger partial charge in [-0.2, -0.15) is 0 Å². The average molecular weight is 284 g/mol. The van der Waals surface area contributed by atoms with Gasteiger partial charge in [-0.05, 0) is 51.0 Å². The Labute approximate surface area is 125 Å². The Morgan fingerprint density at radius 3 is 2.33 bits per heavy atom. The zero-order chi connectivity index (χ0) is 15.6. The molecule has 4 heteroatoms. The van der Waals surface area contributed by atoms with E-state index in [0.717, 1.165) is 12.8 Å². The van der Waals surface area contributed by atoms with Crippen molar-refractivity contribution in [1.29, 1.82) is 0 Å². The minimum atomic E-state index is -0.643. The normalized spacial score (nSPS) is 14.2. The Bertz CT molecular complexity index is 592. The highest BCUT2D eigenvalue weighted by atomic mass is 16.2. The van der Waals surface area contributed by atoms with Gasteiger partial charge in [0.2, 0.25) is 5.91 Å². The Morgan fingerprint density at radius 2 is 1.86 bits per heavy atom. The second-order valence-corrected chi connectivity index (χ2v) is 5.91. The number of amides is 2. The molecule has 1 fully saturated rings. The summed E-state index contributed by atoms with van der Waals surface area (Å²) >= 11 is 0. The lowest BCUT2D eigenvalue weighted by molar-refractivity contribution is -0.117. The maximum Gasteiger partial charge on any atom is 0.254 e. The fourth-order valence-corrected chi connectivity index (χ4v) is 1.83. The number of benzene rings is 1. The van der Waals surface area contributed by atoms with Crippen molar-refractivity contribution in [2.75, 3.05) is 12.4 Å². The second kappa shape index (κ2) is 5.61. The number of rotatable bonds is 4. The SMILES string of the molecule is C#CC(C)(C)N(C)C(=O)c1ccc(NC(=O)C2CC2)cc1. The van der Waals surface area contributed by atoms with Crippen LogP contribution in [-0.4, -0.2) is 29.3 Å². The average Bonchev–Trinajstić information content (AvgIpc) is 3.31. The van der Waals surface area contributed by atoms with Crippen molar-refractivity contribution in [2.45, 2.75) is 32.2 Å². The van der Waals surface area contributed by atoms with Crippen LogP contribution < -0.4 is 5.32 Å². The predicted octanol–water partition coefficient (Wildman–Crippen LogP) is 2.52. The van der Waals surface area contributed by atoms with E-state index >= 15 is 0 Å². The van der Waals surface area contributed by atoms with Crippen LogP contribution in [0.2, 0.25) is 0 Å². The highest BCUT2D eigenvalue weighted by molar-refractivity contribution is 5.97. The molecule has 0 aliphatic heterocycles. The Morgan fingerprint density at radius 1 is 1.29 bits per heavy atom. The van der Waals surface area contributed by atoms with Crippen LogP contribution >= 0.6 is 0 Å². The smallest absolute Gasteiger partial charge is 0.254 e. The molecule has 0 bridgehead atoms. The van der Waals surface area contributed by atoms with Gasteiger partial charge in [0.25, 0.3) is 5.91 Å². The molecule has 0 aromatic heterocycles. The van der Waals surface area contributed by atoms with E-state index in [1.54, 1.807) is 31.3 Å². The van der Waals surface area contributed by atoms with Crippen molar-refractivity contribution in [3.8, 4) is 12.3 Å². The molecule has 1 aromatic rings. The van der Waals surface area contributed by atoms with Crippen molar-refractivity contribution < 1.29 is 9.59 Å². The third-order valence-electron chi connectivity index (χ3n) is 3.84. The van der Waals surface area contributed by atoms with Crippen LogP contribution in [0.5, 0.6) is 0 Å². The topological polar surface area (TPSA) is 49.4 Å². The Hall–Kier alpha value is -2.28. The van der Waals surface area contributed by atoms with Crippen LogP contribution in [0.25, 0.3) is 0 Å². The number of hydrogen-bond donors (Lipinski definition) is 1.